The van der Waals surface area contributed by atoms with Gasteiger partial charge >= 0.3 is 0 Å². The normalized spacial score (nSPS) is 14.0. The van der Waals surface area contributed by atoms with E-state index in [1.54, 1.807) is 0 Å². The number of rotatable bonds is 6. The number of phenols is 1. The summed E-state index contributed by atoms with van der Waals surface area (Å²) in [7, 11) is -2.84. The van der Waals surface area contributed by atoms with Gasteiger partial charge in [0.25, 0.3) is 15.9 Å². The molecule has 3 rings (SSSR count). The van der Waals surface area contributed by atoms with Crippen molar-refractivity contribution in [1.29, 1.82) is 0 Å². The minimum atomic E-state index is -4.16. The number of nitrogens with two attached hydrogens (primary N) is 1. The summed E-state index contributed by atoms with van der Waals surface area (Å²) in [5.41, 5.74) is 5.79. The Bertz CT molecular complexity index is 1040. The molecule has 0 radical (unpaired) electrons. The van der Waals surface area contributed by atoms with E-state index < -0.39 is 21.7 Å². The summed E-state index contributed by atoms with van der Waals surface area (Å²) in [4.78, 5) is 11.4. The van der Waals surface area contributed by atoms with Crippen LogP contribution in [0.25, 0.3) is 0 Å². The molecular weight excluding hydrogens is 460 g/mol. The molecule has 0 atom stereocenters. The van der Waals surface area contributed by atoms with E-state index in [-0.39, 0.29) is 32.8 Å². The number of benzene rings is 2. The van der Waals surface area contributed by atoms with Crippen molar-refractivity contribution in [1.82, 2.24) is 0 Å². The molecule has 1 aliphatic rings. The van der Waals surface area contributed by atoms with Crippen LogP contribution in [0.2, 0.25) is 5.02 Å². The SMILES string of the molecule is COc1cc(Cl)c(Br)cc1S(=O)(=O)Nc1cc(C2CC2)cc(C(N)=O)c1O. The molecule has 7 nitrogen and oxygen atoms in total. The van der Waals surface area contributed by atoms with Crippen LogP contribution in [0, 0.1) is 0 Å². The van der Waals surface area contributed by atoms with E-state index in [1.807, 2.05) is 0 Å². The predicted molar refractivity (Wildman–Crippen MR) is 105 cm³/mol. The molecule has 0 saturated heterocycles. The van der Waals surface area contributed by atoms with Crippen LogP contribution in [-0.4, -0.2) is 26.5 Å². The van der Waals surface area contributed by atoms with E-state index in [1.165, 1.54) is 31.4 Å². The van der Waals surface area contributed by atoms with Gasteiger partial charge in [0.15, 0.2) is 5.75 Å². The van der Waals surface area contributed by atoms with E-state index in [2.05, 4.69) is 20.7 Å². The highest BCUT2D eigenvalue weighted by Gasteiger charge is 2.29. The van der Waals surface area contributed by atoms with Gasteiger partial charge in [-0.05, 0) is 58.5 Å². The number of halogens is 2. The fraction of sp³-hybridized carbons (Fsp3) is 0.235. The molecule has 4 N–H and O–H groups in total. The topological polar surface area (TPSA) is 119 Å². The summed E-state index contributed by atoms with van der Waals surface area (Å²) >= 11 is 9.17. The van der Waals surface area contributed by atoms with Crippen molar-refractivity contribution in [2.24, 2.45) is 5.73 Å². The fourth-order valence-electron chi connectivity index (χ4n) is 2.65. The zero-order valence-electron chi connectivity index (χ0n) is 14.1. The van der Waals surface area contributed by atoms with Gasteiger partial charge in [-0.3, -0.25) is 9.52 Å². The maximum absolute atomic E-state index is 12.9. The number of sulfonamides is 1. The van der Waals surface area contributed by atoms with Gasteiger partial charge in [-0.2, -0.15) is 0 Å². The lowest BCUT2D eigenvalue weighted by atomic mass is 10.0. The van der Waals surface area contributed by atoms with E-state index in [9.17, 15) is 18.3 Å². The Morgan fingerprint density at radius 2 is 2.00 bits per heavy atom. The Morgan fingerprint density at radius 3 is 2.56 bits per heavy atom. The van der Waals surface area contributed by atoms with Gasteiger partial charge in [0, 0.05) is 10.5 Å². The largest absolute Gasteiger partial charge is 0.505 e. The summed E-state index contributed by atoms with van der Waals surface area (Å²) in [6.07, 6.45) is 1.85. The molecule has 2 aromatic carbocycles. The third-order valence-electron chi connectivity index (χ3n) is 4.19. The summed E-state index contributed by atoms with van der Waals surface area (Å²) < 4.78 is 33.6. The molecule has 1 saturated carbocycles. The van der Waals surface area contributed by atoms with Crippen LogP contribution in [0.3, 0.4) is 0 Å². The minimum Gasteiger partial charge on any atom is -0.505 e. The zero-order chi connectivity index (χ0) is 19.9. The molecule has 1 fully saturated rings. The Labute approximate surface area is 169 Å². The van der Waals surface area contributed by atoms with E-state index in [0.29, 0.717) is 4.47 Å². The van der Waals surface area contributed by atoms with E-state index in [4.69, 9.17) is 22.1 Å². The number of primary amides is 1. The average molecular weight is 476 g/mol. The number of hydrogen-bond acceptors (Lipinski definition) is 5. The van der Waals surface area contributed by atoms with Gasteiger partial charge in [-0.1, -0.05) is 11.6 Å². The van der Waals surface area contributed by atoms with Crippen LogP contribution in [0.5, 0.6) is 11.5 Å². The first-order chi connectivity index (χ1) is 12.6. The molecule has 1 aliphatic carbocycles. The minimum absolute atomic E-state index is 0.0312. The van der Waals surface area contributed by atoms with Gasteiger partial charge in [0.1, 0.15) is 10.6 Å². The first-order valence-electron chi connectivity index (χ1n) is 7.86. The van der Waals surface area contributed by atoms with Crippen molar-refractivity contribution in [3.8, 4) is 11.5 Å². The first kappa shape index (κ1) is 19.8. The molecule has 0 bridgehead atoms. The molecular formula is C17H16BrClN2O5S. The smallest absolute Gasteiger partial charge is 0.265 e. The second-order valence-electron chi connectivity index (χ2n) is 6.13. The highest BCUT2D eigenvalue weighted by atomic mass is 79.9. The first-order valence-corrected chi connectivity index (χ1v) is 10.5. The zero-order valence-corrected chi connectivity index (χ0v) is 17.3. The number of ether oxygens (including phenoxy) is 1. The van der Waals surface area contributed by atoms with Crippen molar-refractivity contribution in [3.63, 3.8) is 0 Å². The molecule has 2 aromatic rings. The van der Waals surface area contributed by atoms with Crippen LogP contribution in [-0.2, 0) is 10.0 Å². The van der Waals surface area contributed by atoms with Crippen LogP contribution in [0.4, 0.5) is 5.69 Å². The number of methoxy groups -OCH3 is 1. The van der Waals surface area contributed by atoms with E-state index in [0.717, 1.165) is 18.4 Å². The number of carbonyl (C=O) groups excluding carboxylic acids is 1. The standard InChI is InChI=1S/C17H16BrClN2O5S/c1-26-14-7-12(19)11(18)6-15(14)27(24,25)21-13-5-9(8-2-3-8)4-10(16(13)22)17(20)23/h4-8,21-22H,2-3H2,1H3,(H2,20,23). The molecule has 1 amide bonds. The molecule has 27 heavy (non-hydrogen) atoms. The number of amides is 1. The number of carbonyl (C=O) groups is 1. The Balaban J connectivity index is 2.09. The maximum Gasteiger partial charge on any atom is 0.265 e. The summed E-state index contributed by atoms with van der Waals surface area (Å²) in [6, 6.07) is 5.65. The number of anilines is 1. The summed E-state index contributed by atoms with van der Waals surface area (Å²) in [6.45, 7) is 0. The third kappa shape index (κ3) is 3.99. The molecule has 0 unspecified atom stereocenters. The molecule has 0 spiro atoms. The second-order valence-corrected chi connectivity index (χ2v) is 9.04. The van der Waals surface area contributed by atoms with Gasteiger partial charge < -0.3 is 15.6 Å². The van der Waals surface area contributed by atoms with Crippen molar-refractivity contribution in [3.05, 3.63) is 44.9 Å². The van der Waals surface area contributed by atoms with Gasteiger partial charge in [-0.15, -0.1) is 0 Å². The lowest BCUT2D eigenvalue weighted by Crippen LogP contribution is -2.17. The molecule has 0 aliphatic heterocycles. The Hall–Kier alpha value is -1.97. The lowest BCUT2D eigenvalue weighted by Gasteiger charge is -2.16. The number of aromatic hydroxyl groups is 1. The highest BCUT2D eigenvalue weighted by Crippen LogP contribution is 2.44. The van der Waals surface area contributed by atoms with Crippen molar-refractivity contribution >= 4 is 49.1 Å². The second kappa shape index (κ2) is 7.21. The van der Waals surface area contributed by atoms with Gasteiger partial charge in [0.2, 0.25) is 0 Å². The summed E-state index contributed by atoms with van der Waals surface area (Å²) in [5.74, 6) is -1.13. The molecule has 144 valence electrons. The lowest BCUT2D eigenvalue weighted by molar-refractivity contribution is 0.0997. The van der Waals surface area contributed by atoms with Crippen LogP contribution in [0.15, 0.2) is 33.6 Å². The van der Waals surface area contributed by atoms with Crippen molar-refractivity contribution in [2.45, 2.75) is 23.7 Å². The quantitative estimate of drug-likeness (QED) is 0.552. The fourth-order valence-corrected chi connectivity index (χ4v) is 4.54. The maximum atomic E-state index is 12.9. The Kier molecular flexibility index (Phi) is 5.29. The monoisotopic (exact) mass is 474 g/mol. The number of nitrogens with one attached hydrogen (secondary N) is 1. The van der Waals surface area contributed by atoms with Crippen molar-refractivity contribution in [2.75, 3.05) is 11.8 Å². The van der Waals surface area contributed by atoms with Crippen LogP contribution < -0.4 is 15.2 Å². The Morgan fingerprint density at radius 1 is 1.33 bits per heavy atom. The highest BCUT2D eigenvalue weighted by molar-refractivity contribution is 9.10. The average Bonchev–Trinajstić information content (AvgIpc) is 3.43. The van der Waals surface area contributed by atoms with Gasteiger partial charge in [0.05, 0.1) is 23.4 Å². The molecule has 10 heteroatoms. The summed E-state index contributed by atoms with van der Waals surface area (Å²) in [5, 5.41) is 10.6. The van der Waals surface area contributed by atoms with Crippen LogP contribution in [0.1, 0.15) is 34.7 Å². The third-order valence-corrected chi connectivity index (χ3v) is 6.77. The number of hydrogen-bond donors (Lipinski definition) is 3. The molecule has 0 heterocycles. The van der Waals surface area contributed by atoms with Crippen molar-refractivity contribution < 1.29 is 23.1 Å². The van der Waals surface area contributed by atoms with Gasteiger partial charge in [-0.25, -0.2) is 8.42 Å². The molecule has 0 aromatic heterocycles. The predicted octanol–water partition coefficient (Wildman–Crippen LogP) is 3.59. The van der Waals surface area contributed by atoms with E-state index >= 15 is 0 Å². The van der Waals surface area contributed by atoms with Crippen LogP contribution >= 0.6 is 27.5 Å².